The Balaban J connectivity index is 1.55. The predicted molar refractivity (Wildman–Crippen MR) is 138 cm³/mol. The van der Waals surface area contributed by atoms with Gasteiger partial charge in [0.05, 0.1) is 22.3 Å². The van der Waals surface area contributed by atoms with E-state index in [4.69, 9.17) is 4.52 Å². The summed E-state index contributed by atoms with van der Waals surface area (Å²) in [6.45, 7) is 4.24. The van der Waals surface area contributed by atoms with Gasteiger partial charge in [0.1, 0.15) is 5.52 Å². The van der Waals surface area contributed by atoms with Gasteiger partial charge in [0.25, 0.3) is 0 Å². The molecule has 0 amide bonds. The second-order valence-corrected chi connectivity index (χ2v) is 9.69. The predicted octanol–water partition coefficient (Wildman–Crippen LogP) is 6.09. The molecule has 0 unspecified atom stereocenters. The molecule has 3 aromatic carbocycles. The Morgan fingerprint density at radius 2 is 1.85 bits per heavy atom. The number of ketones is 1. The second-order valence-electron chi connectivity index (χ2n) is 9.69. The molecule has 1 saturated heterocycles. The molecule has 1 aromatic heterocycles. The highest BCUT2D eigenvalue weighted by Gasteiger charge is 2.34. The van der Waals surface area contributed by atoms with Crippen molar-refractivity contribution in [1.29, 1.82) is 0 Å². The average Bonchev–Trinajstić information content (AvgIpc) is 3.28. The largest absolute Gasteiger partial charge is 0.378 e. The van der Waals surface area contributed by atoms with Crippen molar-refractivity contribution in [1.82, 2.24) is 5.16 Å². The van der Waals surface area contributed by atoms with Crippen LogP contribution in [-0.4, -0.2) is 38.1 Å². The lowest BCUT2D eigenvalue weighted by Gasteiger charge is -2.33. The number of carbonyl (C=O) groups excluding carboxylic acids is 1. The second kappa shape index (κ2) is 7.90. The highest BCUT2D eigenvalue weighted by molar-refractivity contribution is 6.28. The van der Waals surface area contributed by atoms with Crippen LogP contribution in [0.5, 0.6) is 0 Å². The van der Waals surface area contributed by atoms with E-state index in [2.05, 4.69) is 45.4 Å². The van der Waals surface area contributed by atoms with Gasteiger partial charge >= 0.3 is 0 Å². The summed E-state index contributed by atoms with van der Waals surface area (Å²) in [7, 11) is 4.05. The number of rotatable bonds is 4. The number of hydrogen-bond acceptors (Lipinski definition) is 6. The Kier molecular flexibility index (Phi) is 4.83. The van der Waals surface area contributed by atoms with E-state index in [1.54, 1.807) is 0 Å². The van der Waals surface area contributed by atoms with Crippen LogP contribution in [0.2, 0.25) is 0 Å². The summed E-state index contributed by atoms with van der Waals surface area (Å²) in [5, 5.41) is 8.86. The summed E-state index contributed by atoms with van der Waals surface area (Å²) in [5.41, 5.74) is 6.75. The highest BCUT2D eigenvalue weighted by atomic mass is 16.5. The summed E-state index contributed by atoms with van der Waals surface area (Å²) < 4.78 is 5.91. The fourth-order valence-electron chi connectivity index (χ4n) is 5.29. The van der Waals surface area contributed by atoms with Gasteiger partial charge in [-0.3, -0.25) is 4.79 Å². The zero-order valence-corrected chi connectivity index (χ0v) is 19.8. The van der Waals surface area contributed by atoms with Gasteiger partial charge < -0.3 is 19.6 Å². The zero-order valence-electron chi connectivity index (χ0n) is 19.8. The molecule has 6 nitrogen and oxygen atoms in total. The van der Waals surface area contributed by atoms with E-state index >= 15 is 0 Å². The zero-order chi connectivity index (χ0) is 23.4. The summed E-state index contributed by atoms with van der Waals surface area (Å²) in [6.07, 6.45) is 2.38. The molecule has 2 aliphatic rings. The Morgan fingerprint density at radius 3 is 2.59 bits per heavy atom. The lowest BCUT2D eigenvalue weighted by atomic mass is 9.86. The highest BCUT2D eigenvalue weighted by Crippen LogP contribution is 2.46. The molecule has 172 valence electrons. The van der Waals surface area contributed by atoms with Gasteiger partial charge in [0.2, 0.25) is 0 Å². The molecule has 6 heteroatoms. The monoisotopic (exact) mass is 452 g/mol. The van der Waals surface area contributed by atoms with E-state index in [0.29, 0.717) is 22.8 Å². The summed E-state index contributed by atoms with van der Waals surface area (Å²) in [5.74, 6) is 1.29. The van der Waals surface area contributed by atoms with E-state index in [1.165, 1.54) is 6.42 Å². The number of nitrogens with one attached hydrogen (secondary N) is 1. The first-order valence-corrected chi connectivity index (χ1v) is 11.9. The number of nitrogens with zero attached hydrogens (tertiary/aromatic N) is 3. The maximum atomic E-state index is 13.8. The number of piperidine rings is 1. The van der Waals surface area contributed by atoms with Crippen molar-refractivity contribution >= 4 is 39.4 Å². The molecule has 1 atom stereocenters. The van der Waals surface area contributed by atoms with Gasteiger partial charge in [-0.25, -0.2) is 0 Å². The lowest BCUT2D eigenvalue weighted by Crippen LogP contribution is -2.34. The van der Waals surface area contributed by atoms with Crippen molar-refractivity contribution in [2.75, 3.05) is 42.3 Å². The Bertz CT molecular complexity index is 1400. The van der Waals surface area contributed by atoms with Crippen LogP contribution in [0.3, 0.4) is 0 Å². The van der Waals surface area contributed by atoms with Gasteiger partial charge in [-0.1, -0.05) is 36.3 Å². The molecule has 0 radical (unpaired) electrons. The summed E-state index contributed by atoms with van der Waals surface area (Å²) >= 11 is 0. The van der Waals surface area contributed by atoms with E-state index in [-0.39, 0.29) is 5.78 Å². The minimum absolute atomic E-state index is 0.00211. The van der Waals surface area contributed by atoms with Crippen molar-refractivity contribution in [2.45, 2.75) is 19.8 Å². The van der Waals surface area contributed by atoms with Gasteiger partial charge in [-0.05, 0) is 49.1 Å². The van der Waals surface area contributed by atoms with Crippen molar-refractivity contribution in [3.63, 3.8) is 0 Å². The molecule has 2 heterocycles. The normalized spacial score (nSPS) is 17.1. The van der Waals surface area contributed by atoms with Crippen LogP contribution in [0.25, 0.3) is 22.2 Å². The minimum Gasteiger partial charge on any atom is -0.378 e. The Labute approximate surface area is 199 Å². The van der Waals surface area contributed by atoms with Crippen molar-refractivity contribution in [3.8, 4) is 11.3 Å². The quantitative estimate of drug-likeness (QED) is 0.356. The van der Waals surface area contributed by atoms with Gasteiger partial charge in [-0.15, -0.1) is 0 Å². The molecule has 0 bridgehead atoms. The third-order valence-corrected chi connectivity index (χ3v) is 7.04. The smallest absolute Gasteiger partial charge is 0.196 e. The van der Waals surface area contributed by atoms with E-state index in [1.807, 2.05) is 50.5 Å². The number of hydrogen-bond donors (Lipinski definition) is 1. The summed E-state index contributed by atoms with van der Waals surface area (Å²) in [6, 6.07) is 18.0. The molecule has 1 fully saturated rings. The Hall–Kier alpha value is -3.80. The number of aromatic nitrogens is 1. The van der Waals surface area contributed by atoms with Gasteiger partial charge in [-0.2, -0.15) is 0 Å². The molecular formula is C28H28N4O2. The van der Waals surface area contributed by atoms with Crippen LogP contribution in [0.4, 0.5) is 22.7 Å². The third kappa shape index (κ3) is 3.24. The standard InChI is InChI=1S/C28H28N4O2/c1-17-7-6-14-32(16-17)23-15-22(29-18-10-12-19(13-11-18)31(2)3)24-25-26(23)30-34-28(25)21-9-5-4-8-20(21)27(24)33/h4-5,8-13,15,17,29H,6-7,14,16H2,1-3H3/t17-/m0/s1. The molecule has 34 heavy (non-hydrogen) atoms. The SMILES string of the molecule is C[C@H]1CCCN(c2cc(Nc3ccc(N(C)C)cc3)c3c4c(onc24)-c2ccccc2C3=O)C1. The van der Waals surface area contributed by atoms with Gasteiger partial charge in [0.15, 0.2) is 11.5 Å². The van der Waals surface area contributed by atoms with Crippen LogP contribution in [0.15, 0.2) is 59.1 Å². The first kappa shape index (κ1) is 20.8. The Morgan fingerprint density at radius 1 is 1.09 bits per heavy atom. The molecule has 4 aromatic rings. The maximum Gasteiger partial charge on any atom is 0.196 e. The topological polar surface area (TPSA) is 61.6 Å². The van der Waals surface area contributed by atoms with Crippen LogP contribution in [-0.2, 0) is 0 Å². The van der Waals surface area contributed by atoms with Crippen molar-refractivity contribution < 1.29 is 9.32 Å². The van der Waals surface area contributed by atoms with Gasteiger partial charge in [0, 0.05) is 49.7 Å². The fraction of sp³-hybridized carbons (Fsp3) is 0.286. The number of carbonyl (C=O) groups is 1. The molecule has 1 aliphatic heterocycles. The van der Waals surface area contributed by atoms with Crippen LogP contribution < -0.4 is 15.1 Å². The maximum absolute atomic E-state index is 13.8. The summed E-state index contributed by atoms with van der Waals surface area (Å²) in [4.78, 5) is 18.2. The van der Waals surface area contributed by atoms with Crippen molar-refractivity contribution in [3.05, 3.63) is 65.7 Å². The van der Waals surface area contributed by atoms with Crippen molar-refractivity contribution in [2.24, 2.45) is 5.92 Å². The first-order valence-electron chi connectivity index (χ1n) is 11.9. The number of benzene rings is 3. The molecular weight excluding hydrogens is 424 g/mol. The fourth-order valence-corrected chi connectivity index (χ4v) is 5.29. The van der Waals surface area contributed by atoms with E-state index in [0.717, 1.165) is 58.7 Å². The minimum atomic E-state index is 0.00211. The number of anilines is 4. The van der Waals surface area contributed by atoms with Crippen LogP contribution >= 0.6 is 0 Å². The van der Waals surface area contributed by atoms with Crippen LogP contribution in [0.1, 0.15) is 35.7 Å². The van der Waals surface area contributed by atoms with Crippen LogP contribution in [0, 0.1) is 5.92 Å². The average molecular weight is 453 g/mol. The molecule has 0 saturated carbocycles. The molecule has 1 N–H and O–H groups in total. The molecule has 1 aliphatic carbocycles. The molecule has 0 spiro atoms. The third-order valence-electron chi connectivity index (χ3n) is 7.04. The number of fused-ring (bicyclic) bond motifs is 2. The van der Waals surface area contributed by atoms with E-state index in [9.17, 15) is 4.79 Å². The van der Waals surface area contributed by atoms with E-state index < -0.39 is 0 Å². The lowest BCUT2D eigenvalue weighted by molar-refractivity contribution is 0.104. The molecule has 6 rings (SSSR count). The first-order chi connectivity index (χ1) is 16.5.